The molecular weight excluding hydrogens is 408 g/mol. The molecule has 4 rings (SSSR count). The molecule has 0 radical (unpaired) electrons. The average Bonchev–Trinajstić information content (AvgIpc) is 3.22. The van der Waals surface area contributed by atoms with E-state index in [4.69, 9.17) is 11.6 Å². The van der Waals surface area contributed by atoms with Crippen molar-refractivity contribution in [3.8, 4) is 0 Å². The summed E-state index contributed by atoms with van der Waals surface area (Å²) in [6, 6.07) is 5.38. The van der Waals surface area contributed by atoms with Crippen molar-refractivity contribution >= 4 is 40.6 Å². The predicted octanol–water partition coefficient (Wildman–Crippen LogP) is 3.42. The van der Waals surface area contributed by atoms with E-state index in [1.54, 1.807) is 23.5 Å². The highest BCUT2D eigenvalue weighted by Gasteiger charge is 2.32. The van der Waals surface area contributed by atoms with Gasteiger partial charge < -0.3 is 10.2 Å². The SMILES string of the molecule is CC(C(=O)N1CCc2sccc2C1)N1CCC(C(=O)Nc2ccc(Cl)cn2)CC1. The van der Waals surface area contributed by atoms with Gasteiger partial charge in [-0.05, 0) is 68.4 Å². The van der Waals surface area contributed by atoms with E-state index in [0.717, 1.165) is 45.4 Å². The Hall–Kier alpha value is -1.96. The Morgan fingerprint density at radius 3 is 2.76 bits per heavy atom. The Bertz CT molecular complexity index is 877. The van der Waals surface area contributed by atoms with E-state index in [0.29, 0.717) is 10.8 Å². The van der Waals surface area contributed by atoms with Crippen LogP contribution < -0.4 is 5.32 Å². The Balaban J connectivity index is 1.28. The number of carbonyl (C=O) groups is 2. The lowest BCUT2D eigenvalue weighted by Gasteiger charge is -2.37. The number of pyridine rings is 1. The molecule has 0 aliphatic carbocycles. The third-order valence-corrected chi connectivity index (χ3v) is 7.15. The van der Waals surface area contributed by atoms with E-state index in [-0.39, 0.29) is 23.8 Å². The van der Waals surface area contributed by atoms with Gasteiger partial charge in [-0.15, -0.1) is 11.3 Å². The molecule has 2 aromatic heterocycles. The highest BCUT2D eigenvalue weighted by molar-refractivity contribution is 7.10. The number of thiophene rings is 1. The summed E-state index contributed by atoms with van der Waals surface area (Å²) in [5.41, 5.74) is 1.29. The van der Waals surface area contributed by atoms with Crippen LogP contribution in [0.2, 0.25) is 5.02 Å². The fourth-order valence-corrected chi connectivity index (χ4v) is 5.09. The first-order chi connectivity index (χ1) is 14.0. The molecule has 0 spiro atoms. The molecule has 0 aromatic carbocycles. The smallest absolute Gasteiger partial charge is 0.239 e. The summed E-state index contributed by atoms with van der Waals surface area (Å²) in [6.45, 7) is 5.00. The van der Waals surface area contributed by atoms with Gasteiger partial charge in [0.1, 0.15) is 5.82 Å². The van der Waals surface area contributed by atoms with Crippen LogP contribution in [0.3, 0.4) is 0 Å². The first kappa shape index (κ1) is 20.3. The lowest BCUT2D eigenvalue weighted by Crippen LogP contribution is -2.51. The van der Waals surface area contributed by atoms with Crippen LogP contribution in [0.1, 0.15) is 30.2 Å². The second-order valence-electron chi connectivity index (χ2n) is 7.72. The maximum absolute atomic E-state index is 13.0. The predicted molar refractivity (Wildman–Crippen MR) is 115 cm³/mol. The lowest BCUT2D eigenvalue weighted by molar-refractivity contribution is -0.138. The second-order valence-corrected chi connectivity index (χ2v) is 9.15. The minimum Gasteiger partial charge on any atom is -0.337 e. The van der Waals surface area contributed by atoms with Crippen LogP contribution >= 0.6 is 22.9 Å². The standard InChI is InChI=1S/C21H25ClN4O2S/c1-14(21(28)26-10-6-18-16(13-26)7-11-29-18)25-8-4-15(5-9-25)20(27)24-19-3-2-17(22)12-23-19/h2-3,7,11-12,14-15H,4-6,8-10,13H2,1H3,(H,23,24,27). The number of rotatable bonds is 4. The number of carbonyl (C=O) groups excluding carboxylic acids is 2. The van der Waals surface area contributed by atoms with Gasteiger partial charge in [-0.25, -0.2) is 4.98 Å². The zero-order valence-electron chi connectivity index (χ0n) is 16.4. The zero-order valence-corrected chi connectivity index (χ0v) is 18.0. The van der Waals surface area contributed by atoms with E-state index in [1.165, 1.54) is 16.6 Å². The number of hydrogen-bond donors (Lipinski definition) is 1. The first-order valence-electron chi connectivity index (χ1n) is 10.0. The minimum absolute atomic E-state index is 0.0144. The molecule has 0 saturated carbocycles. The second kappa shape index (κ2) is 8.81. The zero-order chi connectivity index (χ0) is 20.4. The topological polar surface area (TPSA) is 65.5 Å². The fraction of sp³-hybridized carbons (Fsp3) is 0.476. The highest BCUT2D eigenvalue weighted by Crippen LogP contribution is 2.26. The van der Waals surface area contributed by atoms with Crippen LogP contribution in [0.15, 0.2) is 29.8 Å². The molecule has 2 aromatic rings. The van der Waals surface area contributed by atoms with Gasteiger partial charge >= 0.3 is 0 Å². The molecule has 154 valence electrons. The van der Waals surface area contributed by atoms with Crippen molar-refractivity contribution in [3.05, 3.63) is 45.2 Å². The monoisotopic (exact) mass is 432 g/mol. The van der Waals surface area contributed by atoms with Crippen molar-refractivity contribution in [2.75, 3.05) is 25.0 Å². The van der Waals surface area contributed by atoms with Gasteiger partial charge in [-0.1, -0.05) is 11.6 Å². The van der Waals surface area contributed by atoms with Crippen LogP contribution in [0, 0.1) is 5.92 Å². The Morgan fingerprint density at radius 1 is 1.24 bits per heavy atom. The number of halogens is 1. The van der Waals surface area contributed by atoms with E-state index >= 15 is 0 Å². The van der Waals surface area contributed by atoms with Crippen LogP contribution in [0.4, 0.5) is 5.82 Å². The third kappa shape index (κ3) is 4.63. The van der Waals surface area contributed by atoms with Crippen LogP contribution in [-0.4, -0.2) is 52.3 Å². The molecule has 1 saturated heterocycles. The van der Waals surface area contributed by atoms with Crippen molar-refractivity contribution < 1.29 is 9.59 Å². The van der Waals surface area contributed by atoms with E-state index in [2.05, 4.69) is 26.6 Å². The van der Waals surface area contributed by atoms with Crippen molar-refractivity contribution in [3.63, 3.8) is 0 Å². The van der Waals surface area contributed by atoms with Crippen LogP contribution in [0.5, 0.6) is 0 Å². The van der Waals surface area contributed by atoms with Gasteiger partial charge in [0, 0.05) is 30.1 Å². The summed E-state index contributed by atoms with van der Waals surface area (Å²) in [5, 5.41) is 5.51. The summed E-state index contributed by atoms with van der Waals surface area (Å²) in [6.07, 6.45) is 3.95. The average molecular weight is 433 g/mol. The van der Waals surface area contributed by atoms with Gasteiger partial charge in [-0.3, -0.25) is 14.5 Å². The molecule has 29 heavy (non-hydrogen) atoms. The number of amides is 2. The van der Waals surface area contributed by atoms with Crippen molar-refractivity contribution in [1.82, 2.24) is 14.8 Å². The van der Waals surface area contributed by atoms with Gasteiger partial charge in [0.05, 0.1) is 11.1 Å². The molecule has 1 fully saturated rings. The van der Waals surface area contributed by atoms with E-state index < -0.39 is 0 Å². The van der Waals surface area contributed by atoms with Gasteiger partial charge in [0.15, 0.2) is 0 Å². The number of piperidine rings is 1. The summed E-state index contributed by atoms with van der Waals surface area (Å²) in [4.78, 5) is 35.2. The number of fused-ring (bicyclic) bond motifs is 1. The molecule has 6 nitrogen and oxygen atoms in total. The van der Waals surface area contributed by atoms with Crippen molar-refractivity contribution in [2.24, 2.45) is 5.92 Å². The van der Waals surface area contributed by atoms with Gasteiger partial charge in [0.25, 0.3) is 0 Å². The molecule has 1 atom stereocenters. The van der Waals surface area contributed by atoms with Gasteiger partial charge in [-0.2, -0.15) is 0 Å². The molecule has 2 aliphatic heterocycles. The van der Waals surface area contributed by atoms with Crippen molar-refractivity contribution in [1.29, 1.82) is 0 Å². The first-order valence-corrected chi connectivity index (χ1v) is 11.3. The highest BCUT2D eigenvalue weighted by atomic mass is 35.5. The Kier molecular flexibility index (Phi) is 6.18. The third-order valence-electron chi connectivity index (χ3n) is 5.90. The number of aromatic nitrogens is 1. The number of nitrogens with one attached hydrogen (secondary N) is 1. The quantitative estimate of drug-likeness (QED) is 0.803. The molecule has 0 bridgehead atoms. The molecule has 4 heterocycles. The van der Waals surface area contributed by atoms with Crippen molar-refractivity contribution in [2.45, 2.75) is 38.8 Å². The Labute approximate surface area is 179 Å². The number of hydrogen-bond acceptors (Lipinski definition) is 5. The summed E-state index contributed by atoms with van der Waals surface area (Å²) in [5.74, 6) is 0.632. The maximum Gasteiger partial charge on any atom is 0.239 e. The summed E-state index contributed by atoms with van der Waals surface area (Å²) in [7, 11) is 0. The number of likely N-dealkylation sites (tertiary alicyclic amines) is 1. The molecule has 1 unspecified atom stereocenters. The Morgan fingerprint density at radius 2 is 2.03 bits per heavy atom. The molecule has 2 amide bonds. The van der Waals surface area contributed by atoms with E-state index in [9.17, 15) is 9.59 Å². The largest absolute Gasteiger partial charge is 0.337 e. The van der Waals surface area contributed by atoms with Crippen LogP contribution in [-0.2, 0) is 22.6 Å². The summed E-state index contributed by atoms with van der Waals surface area (Å²) < 4.78 is 0. The normalized spacial score (nSPS) is 18.9. The minimum atomic E-state index is -0.155. The van der Waals surface area contributed by atoms with E-state index in [1.807, 2.05) is 11.8 Å². The molecular formula is C21H25ClN4O2S. The molecule has 1 N–H and O–H groups in total. The maximum atomic E-state index is 13.0. The lowest BCUT2D eigenvalue weighted by atomic mass is 9.94. The summed E-state index contributed by atoms with van der Waals surface area (Å²) >= 11 is 7.61. The number of anilines is 1. The fourth-order valence-electron chi connectivity index (χ4n) is 4.08. The number of nitrogens with zero attached hydrogens (tertiary/aromatic N) is 3. The molecule has 2 aliphatic rings. The van der Waals surface area contributed by atoms with Crippen LogP contribution in [0.25, 0.3) is 0 Å². The van der Waals surface area contributed by atoms with Gasteiger partial charge in [0.2, 0.25) is 11.8 Å². The molecule has 8 heteroatoms.